The van der Waals surface area contributed by atoms with Gasteiger partial charge in [-0.25, -0.2) is 0 Å². The first-order valence-electron chi connectivity index (χ1n) is 14.9. The van der Waals surface area contributed by atoms with Gasteiger partial charge in [0.1, 0.15) is 29.8 Å². The third-order valence-corrected chi connectivity index (χ3v) is 9.33. The zero-order chi connectivity index (χ0) is 30.1. The summed E-state index contributed by atoms with van der Waals surface area (Å²) in [6.45, 7) is 9.85. The number of carbonyl (C=O) groups is 4. The van der Waals surface area contributed by atoms with Crippen molar-refractivity contribution in [3.63, 3.8) is 0 Å². The largest absolute Gasteiger partial charge is 0.460 e. The Hall–Kier alpha value is -2.24. The van der Waals surface area contributed by atoms with Crippen molar-refractivity contribution in [3.05, 3.63) is 22.7 Å². The molecule has 0 aromatic rings. The number of aliphatic hydroxyl groups excluding tert-OH is 1. The predicted molar refractivity (Wildman–Crippen MR) is 156 cm³/mol. The fourth-order valence-electron chi connectivity index (χ4n) is 6.82. The molecule has 2 saturated heterocycles. The summed E-state index contributed by atoms with van der Waals surface area (Å²) in [6.07, 6.45) is 7.03. The summed E-state index contributed by atoms with van der Waals surface area (Å²) < 4.78 is 12.9. The van der Waals surface area contributed by atoms with Gasteiger partial charge in [0.15, 0.2) is 0 Å². The number of hydrogen-bond acceptors (Lipinski definition) is 7. The lowest BCUT2D eigenvalue weighted by atomic mass is 9.74. The van der Waals surface area contributed by atoms with Gasteiger partial charge >= 0.3 is 5.97 Å². The summed E-state index contributed by atoms with van der Waals surface area (Å²) in [7, 11) is 0. The zero-order valence-electron chi connectivity index (χ0n) is 24.7. The molecular weight excluding hydrogens is 594 g/mol. The number of cyclic esters (lactones) is 1. The van der Waals surface area contributed by atoms with Crippen LogP contribution in [0.2, 0.25) is 0 Å². The van der Waals surface area contributed by atoms with Crippen molar-refractivity contribution in [1.29, 1.82) is 0 Å². The SMILES string of the molecule is CCCC(C)N1C/C=C\CCC(=O)NC[C@H](C)OC(=O)[C@H]2[C@@H]3O[C@@]4(C=C3Br)[C@@H]2C(=O)N([C@@H](CO)CC(C)C)[C@@H]4C1=O. The van der Waals surface area contributed by atoms with Crippen molar-refractivity contribution in [3.8, 4) is 0 Å². The Kier molecular flexibility index (Phi) is 10.0. The fourth-order valence-corrected chi connectivity index (χ4v) is 7.56. The molecule has 1 spiro atoms. The molecule has 4 rings (SSSR count). The molecule has 1 unspecified atom stereocenters. The Balaban J connectivity index is 1.85. The van der Waals surface area contributed by atoms with E-state index in [2.05, 4.69) is 28.2 Å². The first-order valence-corrected chi connectivity index (χ1v) is 15.7. The van der Waals surface area contributed by atoms with Crippen LogP contribution in [0.4, 0.5) is 0 Å². The Bertz CT molecular complexity index is 1090. The van der Waals surface area contributed by atoms with E-state index >= 15 is 0 Å². The third kappa shape index (κ3) is 5.99. The van der Waals surface area contributed by atoms with Gasteiger partial charge in [-0.05, 0) is 45.1 Å². The van der Waals surface area contributed by atoms with Crippen LogP contribution in [0.25, 0.3) is 0 Å². The summed E-state index contributed by atoms with van der Waals surface area (Å²) in [5, 5.41) is 13.3. The summed E-state index contributed by atoms with van der Waals surface area (Å²) in [6, 6.07) is -1.82. The van der Waals surface area contributed by atoms with Crippen LogP contribution in [-0.4, -0.2) is 94.2 Å². The van der Waals surface area contributed by atoms with Crippen LogP contribution in [0.15, 0.2) is 22.7 Å². The second-order valence-electron chi connectivity index (χ2n) is 12.2. The predicted octanol–water partition coefficient (Wildman–Crippen LogP) is 2.68. The van der Waals surface area contributed by atoms with Gasteiger partial charge in [0.25, 0.3) is 0 Å². The number of likely N-dealkylation sites (tertiary alicyclic amines) is 1. The number of nitrogens with one attached hydrogen (secondary N) is 1. The molecule has 8 atom stereocenters. The summed E-state index contributed by atoms with van der Waals surface area (Å²) in [4.78, 5) is 58.3. The first kappa shape index (κ1) is 31.7. The maximum atomic E-state index is 14.7. The van der Waals surface area contributed by atoms with E-state index in [1.54, 1.807) is 17.9 Å². The van der Waals surface area contributed by atoms with Gasteiger partial charge in [-0.1, -0.05) is 55.3 Å². The van der Waals surface area contributed by atoms with E-state index in [1.807, 2.05) is 32.9 Å². The van der Waals surface area contributed by atoms with Crippen LogP contribution >= 0.6 is 15.9 Å². The molecule has 0 saturated carbocycles. The molecule has 3 amide bonds. The van der Waals surface area contributed by atoms with E-state index in [9.17, 15) is 24.3 Å². The fraction of sp³-hybridized carbons (Fsp3) is 0.733. The lowest BCUT2D eigenvalue weighted by molar-refractivity contribution is -0.159. The Labute approximate surface area is 251 Å². The molecule has 10 nitrogen and oxygen atoms in total. The highest BCUT2D eigenvalue weighted by Gasteiger charge is 2.75. The van der Waals surface area contributed by atoms with Gasteiger partial charge in [-0.3, -0.25) is 19.2 Å². The highest BCUT2D eigenvalue weighted by atomic mass is 79.9. The highest BCUT2D eigenvalue weighted by Crippen LogP contribution is 2.59. The van der Waals surface area contributed by atoms with E-state index in [-0.39, 0.29) is 49.3 Å². The lowest BCUT2D eigenvalue weighted by Gasteiger charge is -2.40. The van der Waals surface area contributed by atoms with Crippen LogP contribution in [0.3, 0.4) is 0 Å². The number of esters is 1. The molecular formula is C30H44BrN3O7. The molecule has 0 aromatic carbocycles. The number of fused-ring (bicyclic) bond motifs is 2. The molecule has 0 aliphatic carbocycles. The van der Waals surface area contributed by atoms with E-state index < -0.39 is 47.7 Å². The number of rotatable bonds is 7. The molecule has 2 fully saturated rings. The molecule has 0 radical (unpaired) electrons. The Morgan fingerprint density at radius 2 is 1.90 bits per heavy atom. The minimum Gasteiger partial charge on any atom is -0.460 e. The molecule has 228 valence electrons. The molecule has 41 heavy (non-hydrogen) atoms. The normalized spacial score (nSPS) is 34.8. The van der Waals surface area contributed by atoms with Crippen LogP contribution in [0.5, 0.6) is 0 Å². The Morgan fingerprint density at radius 1 is 1.17 bits per heavy atom. The standard InChI is InChI=1S/C30H44BrN3O7/c1-6-10-18(4)33-12-9-7-8-11-22(36)32-15-19(5)40-29(39)23-24-27(37)34(20(16-35)13-17(2)3)26(28(33)38)30(24)14-21(31)25(23)41-30/h7,9,14,17-20,23-26,35H,6,8,10-13,15-16H2,1-5H3,(H,32,36)/b9-7-/t18?,19-,20+,23+,24-,25+,26+,30-/m0/s1. The summed E-state index contributed by atoms with van der Waals surface area (Å²) in [5.74, 6) is -3.24. The number of nitrogens with zero attached hydrogens (tertiary/aromatic N) is 2. The van der Waals surface area contributed by atoms with Crippen molar-refractivity contribution in [1.82, 2.24) is 15.1 Å². The van der Waals surface area contributed by atoms with E-state index in [0.717, 1.165) is 12.8 Å². The zero-order valence-corrected chi connectivity index (χ0v) is 26.3. The van der Waals surface area contributed by atoms with Crippen molar-refractivity contribution < 1.29 is 33.8 Å². The van der Waals surface area contributed by atoms with Gasteiger partial charge in [0.05, 0.1) is 25.1 Å². The lowest BCUT2D eigenvalue weighted by Crippen LogP contribution is -2.60. The number of carbonyl (C=O) groups excluding carboxylic acids is 4. The molecule has 4 heterocycles. The van der Waals surface area contributed by atoms with Crippen molar-refractivity contribution >= 4 is 39.6 Å². The molecule has 4 aliphatic heterocycles. The number of halogens is 1. The molecule has 0 aromatic heterocycles. The van der Waals surface area contributed by atoms with Crippen molar-refractivity contribution in [2.24, 2.45) is 17.8 Å². The second kappa shape index (κ2) is 13.0. The van der Waals surface area contributed by atoms with Crippen LogP contribution < -0.4 is 5.32 Å². The molecule has 5 bridgehead atoms. The van der Waals surface area contributed by atoms with Gasteiger partial charge in [-0.15, -0.1) is 0 Å². The second-order valence-corrected chi connectivity index (χ2v) is 13.1. The number of amides is 3. The van der Waals surface area contributed by atoms with Gasteiger partial charge in [0.2, 0.25) is 17.7 Å². The van der Waals surface area contributed by atoms with Gasteiger partial charge in [-0.2, -0.15) is 0 Å². The Morgan fingerprint density at radius 3 is 2.56 bits per heavy atom. The molecule has 2 N–H and O–H groups in total. The average molecular weight is 639 g/mol. The minimum absolute atomic E-state index is 0.139. The van der Waals surface area contributed by atoms with Crippen LogP contribution in [0.1, 0.15) is 66.7 Å². The van der Waals surface area contributed by atoms with E-state index in [1.165, 1.54) is 4.90 Å². The van der Waals surface area contributed by atoms with Gasteiger partial charge in [0, 0.05) is 23.5 Å². The average Bonchev–Trinajstić information content (AvgIpc) is 3.50. The van der Waals surface area contributed by atoms with Gasteiger partial charge < -0.3 is 29.7 Å². The van der Waals surface area contributed by atoms with Crippen molar-refractivity contribution in [2.45, 2.75) is 103 Å². The maximum absolute atomic E-state index is 14.7. The van der Waals surface area contributed by atoms with Crippen LogP contribution in [-0.2, 0) is 28.7 Å². The van der Waals surface area contributed by atoms with E-state index in [4.69, 9.17) is 9.47 Å². The highest BCUT2D eigenvalue weighted by molar-refractivity contribution is 9.11. The minimum atomic E-state index is -1.38. The molecule has 11 heteroatoms. The maximum Gasteiger partial charge on any atom is 0.313 e. The third-order valence-electron chi connectivity index (χ3n) is 8.65. The topological polar surface area (TPSA) is 125 Å². The smallest absolute Gasteiger partial charge is 0.313 e. The number of hydrogen-bond donors (Lipinski definition) is 2. The summed E-state index contributed by atoms with van der Waals surface area (Å²) in [5.41, 5.74) is -1.38. The van der Waals surface area contributed by atoms with Crippen LogP contribution in [0, 0.1) is 17.8 Å². The number of ether oxygens (including phenoxy) is 2. The summed E-state index contributed by atoms with van der Waals surface area (Å²) >= 11 is 3.56. The first-order chi connectivity index (χ1) is 19.5. The number of aliphatic hydroxyl groups is 1. The monoisotopic (exact) mass is 637 g/mol. The quantitative estimate of drug-likeness (QED) is 0.325. The van der Waals surface area contributed by atoms with E-state index in [0.29, 0.717) is 23.9 Å². The number of allylic oxidation sites excluding steroid dienone is 1. The molecule has 4 aliphatic rings. The van der Waals surface area contributed by atoms with Crippen molar-refractivity contribution in [2.75, 3.05) is 19.7 Å².